The molecule has 9 aromatic rings. The number of benzene rings is 5. The van der Waals surface area contributed by atoms with E-state index >= 15 is 0 Å². The van der Waals surface area contributed by atoms with E-state index in [2.05, 4.69) is 71.3 Å². The molecular formula is C34H19N3O2. The fourth-order valence-corrected chi connectivity index (χ4v) is 5.94. The van der Waals surface area contributed by atoms with E-state index in [0.29, 0.717) is 11.5 Å². The van der Waals surface area contributed by atoms with Crippen LogP contribution in [0.25, 0.3) is 83.0 Å². The highest BCUT2D eigenvalue weighted by atomic mass is 16.3. The quantitative estimate of drug-likeness (QED) is 0.237. The number of para-hydroxylation sites is 3. The summed E-state index contributed by atoms with van der Waals surface area (Å²) in [5, 5.41) is 5.36. The summed E-state index contributed by atoms with van der Waals surface area (Å²) in [7, 11) is 0. The Balaban J connectivity index is 1.51. The Hall–Kier alpha value is -5.42. The van der Waals surface area contributed by atoms with Crippen LogP contribution in [-0.4, -0.2) is 14.5 Å². The summed E-state index contributed by atoms with van der Waals surface area (Å²) in [6.45, 7) is 0. The standard InChI is InChI=1S/C34H19N3O2/c1-2-10-20(11-3-1)30-33-31(24-14-6-9-17-27(24)39-33)36-34(35-30)37-25-15-7-4-12-21(25)22-18-19-28-29(32(22)37)23-13-5-8-16-26(23)38-28/h1-19H. The van der Waals surface area contributed by atoms with Crippen molar-refractivity contribution in [2.75, 3.05) is 0 Å². The third-order valence-electron chi connectivity index (χ3n) is 7.63. The van der Waals surface area contributed by atoms with Gasteiger partial charge in [-0.2, -0.15) is 0 Å². The molecule has 0 saturated carbocycles. The number of aromatic nitrogens is 3. The maximum Gasteiger partial charge on any atom is 0.236 e. The minimum atomic E-state index is 0.594. The van der Waals surface area contributed by atoms with Crippen LogP contribution in [0.15, 0.2) is 124 Å². The second-order valence-electron chi connectivity index (χ2n) is 9.80. The lowest BCUT2D eigenvalue weighted by Gasteiger charge is -2.10. The number of hydrogen-bond acceptors (Lipinski definition) is 4. The van der Waals surface area contributed by atoms with Gasteiger partial charge in [0.15, 0.2) is 5.58 Å². The fraction of sp³-hybridized carbons (Fsp3) is 0. The van der Waals surface area contributed by atoms with E-state index in [0.717, 1.165) is 71.5 Å². The molecule has 182 valence electrons. The van der Waals surface area contributed by atoms with Gasteiger partial charge in [0.2, 0.25) is 5.95 Å². The molecular weight excluding hydrogens is 482 g/mol. The minimum Gasteiger partial charge on any atom is -0.456 e. The molecule has 4 aromatic heterocycles. The molecule has 9 rings (SSSR count). The Labute approximate surface area is 221 Å². The molecule has 5 nitrogen and oxygen atoms in total. The second-order valence-corrected chi connectivity index (χ2v) is 9.80. The molecule has 0 unspecified atom stereocenters. The molecule has 39 heavy (non-hydrogen) atoms. The summed E-state index contributed by atoms with van der Waals surface area (Å²) in [4.78, 5) is 10.4. The summed E-state index contributed by atoms with van der Waals surface area (Å²) in [6, 6.07) is 39.0. The van der Waals surface area contributed by atoms with Crippen molar-refractivity contribution in [3.63, 3.8) is 0 Å². The molecule has 0 atom stereocenters. The van der Waals surface area contributed by atoms with Crippen LogP contribution in [-0.2, 0) is 0 Å². The smallest absolute Gasteiger partial charge is 0.236 e. The molecule has 0 aliphatic carbocycles. The number of nitrogens with zero attached hydrogens (tertiary/aromatic N) is 3. The molecule has 0 spiro atoms. The maximum atomic E-state index is 6.35. The molecule has 0 aliphatic rings. The van der Waals surface area contributed by atoms with E-state index < -0.39 is 0 Å². The number of furan rings is 2. The molecule has 0 radical (unpaired) electrons. The van der Waals surface area contributed by atoms with Crippen molar-refractivity contribution >= 4 is 65.8 Å². The van der Waals surface area contributed by atoms with Gasteiger partial charge >= 0.3 is 0 Å². The first-order valence-corrected chi connectivity index (χ1v) is 12.9. The Kier molecular flexibility index (Phi) is 3.99. The first-order chi connectivity index (χ1) is 19.3. The average Bonchev–Trinajstić information content (AvgIpc) is 3.66. The first kappa shape index (κ1) is 20.6. The van der Waals surface area contributed by atoms with E-state index in [9.17, 15) is 0 Å². The van der Waals surface area contributed by atoms with Crippen LogP contribution in [0.3, 0.4) is 0 Å². The van der Waals surface area contributed by atoms with Crippen molar-refractivity contribution in [3.05, 3.63) is 115 Å². The van der Waals surface area contributed by atoms with Gasteiger partial charge in [-0.05, 0) is 36.4 Å². The van der Waals surface area contributed by atoms with Gasteiger partial charge in [-0.15, -0.1) is 0 Å². The molecule has 0 N–H and O–H groups in total. The summed E-state index contributed by atoms with van der Waals surface area (Å²) in [5.41, 5.74) is 7.79. The van der Waals surface area contributed by atoms with Crippen LogP contribution in [0, 0.1) is 0 Å². The fourth-order valence-electron chi connectivity index (χ4n) is 5.94. The maximum absolute atomic E-state index is 6.35. The number of fused-ring (bicyclic) bond motifs is 10. The molecule has 0 saturated heterocycles. The average molecular weight is 502 g/mol. The third kappa shape index (κ3) is 2.79. The molecule has 0 fully saturated rings. The third-order valence-corrected chi connectivity index (χ3v) is 7.63. The van der Waals surface area contributed by atoms with E-state index in [-0.39, 0.29) is 0 Å². The van der Waals surface area contributed by atoms with E-state index in [1.54, 1.807) is 0 Å². The highest BCUT2D eigenvalue weighted by molar-refractivity contribution is 6.24. The van der Waals surface area contributed by atoms with Gasteiger partial charge in [0.25, 0.3) is 0 Å². The first-order valence-electron chi connectivity index (χ1n) is 12.9. The summed E-state index contributed by atoms with van der Waals surface area (Å²) < 4.78 is 14.8. The van der Waals surface area contributed by atoms with Crippen LogP contribution in [0.1, 0.15) is 0 Å². The Morgan fingerprint density at radius 3 is 2.05 bits per heavy atom. The van der Waals surface area contributed by atoms with Crippen LogP contribution in [0.2, 0.25) is 0 Å². The van der Waals surface area contributed by atoms with Crippen molar-refractivity contribution in [2.45, 2.75) is 0 Å². The molecule has 5 heteroatoms. The highest BCUT2D eigenvalue weighted by Crippen LogP contribution is 2.41. The lowest BCUT2D eigenvalue weighted by atomic mass is 10.1. The van der Waals surface area contributed by atoms with Gasteiger partial charge in [0.1, 0.15) is 28.0 Å². The van der Waals surface area contributed by atoms with E-state index in [1.807, 2.05) is 48.5 Å². The SMILES string of the molecule is c1ccc(-c2nc(-n3c4ccccc4c4ccc5oc6ccccc6c5c43)nc3c2oc2ccccc23)cc1. The summed E-state index contributed by atoms with van der Waals surface area (Å²) >= 11 is 0. The van der Waals surface area contributed by atoms with Gasteiger partial charge in [-0.25, -0.2) is 9.97 Å². The van der Waals surface area contributed by atoms with Gasteiger partial charge < -0.3 is 8.83 Å². The lowest BCUT2D eigenvalue weighted by Crippen LogP contribution is -2.03. The molecule has 0 amide bonds. The van der Waals surface area contributed by atoms with Crippen LogP contribution >= 0.6 is 0 Å². The zero-order valence-electron chi connectivity index (χ0n) is 20.6. The van der Waals surface area contributed by atoms with Crippen LogP contribution < -0.4 is 0 Å². The van der Waals surface area contributed by atoms with E-state index in [1.165, 1.54) is 0 Å². The summed E-state index contributed by atoms with van der Waals surface area (Å²) in [5.74, 6) is 0.594. The predicted molar refractivity (Wildman–Crippen MR) is 156 cm³/mol. The van der Waals surface area contributed by atoms with Crippen molar-refractivity contribution in [1.82, 2.24) is 14.5 Å². The van der Waals surface area contributed by atoms with Crippen LogP contribution in [0.5, 0.6) is 0 Å². The Morgan fingerprint density at radius 2 is 1.21 bits per heavy atom. The van der Waals surface area contributed by atoms with Crippen molar-refractivity contribution in [2.24, 2.45) is 0 Å². The van der Waals surface area contributed by atoms with Gasteiger partial charge in [0, 0.05) is 27.1 Å². The van der Waals surface area contributed by atoms with Crippen LogP contribution in [0.4, 0.5) is 0 Å². The zero-order valence-corrected chi connectivity index (χ0v) is 20.6. The van der Waals surface area contributed by atoms with Gasteiger partial charge in [0.05, 0.1) is 16.4 Å². The minimum absolute atomic E-state index is 0.594. The number of rotatable bonds is 2. The molecule has 5 aromatic carbocycles. The normalized spacial score (nSPS) is 12.1. The highest BCUT2D eigenvalue weighted by Gasteiger charge is 2.23. The zero-order chi connectivity index (χ0) is 25.5. The predicted octanol–water partition coefficient (Wildman–Crippen LogP) is 9.04. The van der Waals surface area contributed by atoms with Crippen molar-refractivity contribution in [3.8, 4) is 17.2 Å². The van der Waals surface area contributed by atoms with Gasteiger partial charge in [-0.1, -0.05) is 78.9 Å². The van der Waals surface area contributed by atoms with E-state index in [4.69, 9.17) is 18.8 Å². The summed E-state index contributed by atoms with van der Waals surface area (Å²) in [6.07, 6.45) is 0. The van der Waals surface area contributed by atoms with Crippen molar-refractivity contribution < 1.29 is 8.83 Å². The van der Waals surface area contributed by atoms with Crippen molar-refractivity contribution in [1.29, 1.82) is 0 Å². The monoisotopic (exact) mass is 501 g/mol. The Morgan fingerprint density at radius 1 is 0.513 bits per heavy atom. The topological polar surface area (TPSA) is 57.0 Å². The van der Waals surface area contributed by atoms with Gasteiger partial charge in [-0.3, -0.25) is 4.57 Å². The Bertz CT molecular complexity index is 2390. The number of hydrogen-bond donors (Lipinski definition) is 0. The largest absolute Gasteiger partial charge is 0.456 e. The second kappa shape index (κ2) is 7.55. The molecule has 0 bridgehead atoms. The molecule has 4 heterocycles. The molecule has 0 aliphatic heterocycles. The lowest BCUT2D eigenvalue weighted by molar-refractivity contribution is 0.666.